The predicted molar refractivity (Wildman–Crippen MR) is 121 cm³/mol. The van der Waals surface area contributed by atoms with Gasteiger partial charge in [0.05, 0.1) is 20.3 Å². The molecule has 0 spiro atoms. The molecule has 0 radical (unpaired) electrons. The number of methoxy groups -OCH3 is 1. The molecule has 1 aromatic heterocycles. The lowest BCUT2D eigenvalue weighted by Gasteiger charge is -2.09. The molecule has 3 aromatic carbocycles. The van der Waals surface area contributed by atoms with Gasteiger partial charge in [0.25, 0.3) is 0 Å². The largest absolute Gasteiger partial charge is 0.493 e. The summed E-state index contributed by atoms with van der Waals surface area (Å²) in [7, 11) is 1.21. The average Bonchev–Trinajstić information content (AvgIpc) is 2.84. The molecule has 162 valence electrons. The smallest absolute Gasteiger partial charge is 0.351 e. The van der Waals surface area contributed by atoms with E-state index in [0.29, 0.717) is 36.4 Å². The molecule has 0 amide bonds. The molecule has 4 aromatic rings. The number of rotatable bonds is 8. The zero-order valence-electron chi connectivity index (χ0n) is 17.6. The summed E-state index contributed by atoms with van der Waals surface area (Å²) in [5.74, 6) is 0.646. The Bertz CT molecular complexity index is 1260. The number of carbonyl (C=O) groups is 1. The van der Waals surface area contributed by atoms with Gasteiger partial charge in [-0.05, 0) is 41.5 Å². The fraction of sp³-hybridized carbons (Fsp3) is 0.154. The molecule has 0 bridgehead atoms. The highest BCUT2D eigenvalue weighted by Crippen LogP contribution is 2.23. The van der Waals surface area contributed by atoms with E-state index in [1.165, 1.54) is 18.7 Å². The highest BCUT2D eigenvalue weighted by molar-refractivity contribution is 5.92. The fourth-order valence-electron chi connectivity index (χ4n) is 3.25. The van der Waals surface area contributed by atoms with Gasteiger partial charge >= 0.3 is 11.6 Å². The van der Waals surface area contributed by atoms with Crippen LogP contribution < -0.4 is 15.1 Å². The Morgan fingerprint density at radius 3 is 2.19 bits per heavy atom. The zero-order chi connectivity index (χ0) is 22.3. The number of ether oxygens (including phenoxy) is 3. The molecule has 0 aliphatic rings. The lowest BCUT2D eigenvalue weighted by molar-refractivity contribution is 0.0596. The molecule has 0 N–H and O–H groups in total. The minimum absolute atomic E-state index is 0.136. The van der Waals surface area contributed by atoms with Crippen LogP contribution in [0, 0.1) is 0 Å². The van der Waals surface area contributed by atoms with E-state index in [4.69, 9.17) is 13.9 Å². The summed E-state index contributed by atoms with van der Waals surface area (Å²) in [6.45, 7) is 0.952. The van der Waals surface area contributed by atoms with Crippen LogP contribution in [0.15, 0.2) is 88.1 Å². The van der Waals surface area contributed by atoms with Crippen molar-refractivity contribution in [1.82, 2.24) is 0 Å². The summed E-state index contributed by atoms with van der Waals surface area (Å²) >= 11 is 0. The maximum absolute atomic E-state index is 12.0. The van der Waals surface area contributed by atoms with Gasteiger partial charge in [-0.1, -0.05) is 42.5 Å². The monoisotopic (exact) mass is 430 g/mol. The molecular weight excluding hydrogens is 408 g/mol. The Morgan fingerprint density at radius 2 is 1.47 bits per heavy atom. The Labute approximate surface area is 185 Å². The summed E-state index contributed by atoms with van der Waals surface area (Å²) in [6, 6.07) is 24.7. The Balaban J connectivity index is 1.28. The lowest BCUT2D eigenvalue weighted by atomic mass is 10.1. The van der Waals surface area contributed by atoms with E-state index >= 15 is 0 Å². The van der Waals surface area contributed by atoms with Crippen LogP contribution in [0.5, 0.6) is 11.5 Å². The summed E-state index contributed by atoms with van der Waals surface area (Å²) in [5, 5.41) is 0.611. The van der Waals surface area contributed by atoms with Crippen LogP contribution >= 0.6 is 0 Å². The average molecular weight is 430 g/mol. The van der Waals surface area contributed by atoms with Crippen molar-refractivity contribution in [2.45, 2.75) is 6.42 Å². The first kappa shape index (κ1) is 21.2. The standard InChI is InChI=1S/C26H22O6/c1-29-25(27)23-16-20-10-13-22(17-24(20)32-26(23)28)31-15-5-14-30-21-11-8-19(9-12-21)18-6-3-2-4-7-18/h2-4,6-13,16-17H,5,14-15H2,1H3. The minimum Gasteiger partial charge on any atom is -0.493 e. The highest BCUT2D eigenvalue weighted by atomic mass is 16.5. The highest BCUT2D eigenvalue weighted by Gasteiger charge is 2.14. The van der Waals surface area contributed by atoms with Crippen molar-refractivity contribution in [2.24, 2.45) is 0 Å². The second-order valence-electron chi connectivity index (χ2n) is 7.08. The SMILES string of the molecule is COC(=O)c1cc2ccc(OCCCOc3ccc(-c4ccccc4)cc3)cc2oc1=O. The van der Waals surface area contributed by atoms with E-state index < -0.39 is 11.6 Å². The maximum Gasteiger partial charge on any atom is 0.351 e. The normalized spacial score (nSPS) is 10.7. The number of hydrogen-bond acceptors (Lipinski definition) is 6. The number of benzene rings is 3. The van der Waals surface area contributed by atoms with E-state index in [2.05, 4.69) is 16.9 Å². The van der Waals surface area contributed by atoms with Crippen LogP contribution in [0.25, 0.3) is 22.1 Å². The van der Waals surface area contributed by atoms with Crippen LogP contribution in [-0.4, -0.2) is 26.3 Å². The second kappa shape index (κ2) is 9.83. The van der Waals surface area contributed by atoms with Gasteiger partial charge in [0.1, 0.15) is 22.6 Å². The van der Waals surface area contributed by atoms with E-state index in [0.717, 1.165) is 11.3 Å². The van der Waals surface area contributed by atoms with Crippen LogP contribution in [0.1, 0.15) is 16.8 Å². The maximum atomic E-state index is 12.0. The van der Waals surface area contributed by atoms with Crippen molar-refractivity contribution >= 4 is 16.9 Å². The molecule has 0 aliphatic carbocycles. The van der Waals surface area contributed by atoms with Gasteiger partial charge in [-0.25, -0.2) is 9.59 Å². The Hall–Kier alpha value is -4.06. The van der Waals surface area contributed by atoms with Crippen molar-refractivity contribution in [2.75, 3.05) is 20.3 Å². The van der Waals surface area contributed by atoms with Gasteiger partial charge in [0.2, 0.25) is 0 Å². The minimum atomic E-state index is -0.742. The summed E-state index contributed by atoms with van der Waals surface area (Å²) in [5.41, 5.74) is 1.77. The van der Waals surface area contributed by atoms with Gasteiger partial charge < -0.3 is 18.6 Å². The van der Waals surface area contributed by atoms with Crippen molar-refractivity contribution in [3.63, 3.8) is 0 Å². The first-order chi connectivity index (χ1) is 15.6. The number of hydrogen-bond donors (Lipinski definition) is 0. The molecule has 1 heterocycles. The van der Waals surface area contributed by atoms with Gasteiger partial charge in [0, 0.05) is 17.9 Å². The molecule has 0 atom stereocenters. The quantitative estimate of drug-likeness (QED) is 0.220. The first-order valence-corrected chi connectivity index (χ1v) is 10.2. The summed E-state index contributed by atoms with van der Waals surface area (Å²) < 4.78 is 21.3. The van der Waals surface area contributed by atoms with Crippen molar-refractivity contribution < 1.29 is 23.4 Å². The van der Waals surface area contributed by atoms with Crippen LogP contribution in [0.2, 0.25) is 0 Å². The molecule has 6 nitrogen and oxygen atoms in total. The lowest BCUT2D eigenvalue weighted by Crippen LogP contribution is -2.14. The van der Waals surface area contributed by atoms with Crippen molar-refractivity contribution in [3.8, 4) is 22.6 Å². The van der Waals surface area contributed by atoms with E-state index in [1.54, 1.807) is 18.2 Å². The zero-order valence-corrected chi connectivity index (χ0v) is 17.6. The Morgan fingerprint density at radius 1 is 0.812 bits per heavy atom. The molecule has 32 heavy (non-hydrogen) atoms. The number of fused-ring (bicyclic) bond motifs is 1. The molecule has 0 fully saturated rings. The number of carbonyl (C=O) groups excluding carboxylic acids is 1. The number of esters is 1. The van der Waals surface area contributed by atoms with Gasteiger partial charge in [0.15, 0.2) is 0 Å². The molecule has 0 saturated carbocycles. The van der Waals surface area contributed by atoms with E-state index in [-0.39, 0.29) is 5.56 Å². The summed E-state index contributed by atoms with van der Waals surface area (Å²) in [4.78, 5) is 23.6. The van der Waals surface area contributed by atoms with Gasteiger partial charge in [-0.3, -0.25) is 0 Å². The van der Waals surface area contributed by atoms with Gasteiger partial charge in [-0.2, -0.15) is 0 Å². The summed E-state index contributed by atoms with van der Waals surface area (Å²) in [6.07, 6.45) is 0.684. The molecule has 0 saturated heterocycles. The van der Waals surface area contributed by atoms with Crippen molar-refractivity contribution in [3.05, 3.63) is 94.8 Å². The molecule has 0 aliphatic heterocycles. The van der Waals surface area contributed by atoms with Crippen molar-refractivity contribution in [1.29, 1.82) is 0 Å². The fourth-order valence-corrected chi connectivity index (χ4v) is 3.25. The predicted octanol–water partition coefficient (Wildman–Crippen LogP) is 5.09. The molecule has 4 rings (SSSR count). The van der Waals surface area contributed by atoms with E-state index in [9.17, 15) is 9.59 Å². The van der Waals surface area contributed by atoms with Gasteiger partial charge in [-0.15, -0.1) is 0 Å². The third-order valence-electron chi connectivity index (χ3n) is 4.90. The van der Waals surface area contributed by atoms with Crippen LogP contribution in [0.3, 0.4) is 0 Å². The van der Waals surface area contributed by atoms with Crippen LogP contribution in [-0.2, 0) is 4.74 Å². The molecular formula is C26H22O6. The molecule has 0 unspecified atom stereocenters. The van der Waals surface area contributed by atoms with E-state index in [1.807, 2.05) is 42.5 Å². The third kappa shape index (κ3) is 4.98. The molecule has 6 heteroatoms. The van der Waals surface area contributed by atoms with Crippen LogP contribution in [0.4, 0.5) is 0 Å². The Kier molecular flexibility index (Phi) is 6.51. The topological polar surface area (TPSA) is 75.0 Å². The second-order valence-corrected chi connectivity index (χ2v) is 7.08. The first-order valence-electron chi connectivity index (χ1n) is 10.2. The third-order valence-corrected chi connectivity index (χ3v) is 4.90.